The molecule has 1 aliphatic heterocycles. The van der Waals surface area contributed by atoms with Crippen molar-refractivity contribution in [3.63, 3.8) is 0 Å². The smallest absolute Gasteiger partial charge is 0.311 e. The van der Waals surface area contributed by atoms with Crippen molar-refractivity contribution in [1.29, 1.82) is 0 Å². The van der Waals surface area contributed by atoms with Crippen LogP contribution in [0.2, 0.25) is 18.1 Å². The molecule has 0 aliphatic carbocycles. The first-order valence-corrected chi connectivity index (χ1v) is 14.0. The lowest BCUT2D eigenvalue weighted by atomic mass is 9.85. The van der Waals surface area contributed by atoms with Gasteiger partial charge in [0.25, 0.3) is 0 Å². The highest BCUT2D eigenvalue weighted by molar-refractivity contribution is 6.73. The molecule has 0 N–H and O–H groups in total. The third kappa shape index (κ3) is 7.53. The number of methoxy groups -OCH3 is 1. The lowest BCUT2D eigenvalue weighted by Crippen LogP contribution is -2.40. The minimum absolute atomic E-state index is 0.0150. The third-order valence-corrected chi connectivity index (χ3v) is 11.4. The number of rotatable bonds is 13. The predicted octanol–water partition coefficient (Wildman–Crippen LogP) is 6.58. The number of carbonyl (C=O) groups is 1. The molecule has 0 aromatic rings. The molecule has 0 aromatic carbocycles. The third-order valence-electron chi connectivity index (χ3n) is 6.71. The lowest BCUT2D eigenvalue weighted by molar-refractivity contribution is -0.153. The summed E-state index contributed by atoms with van der Waals surface area (Å²) in [5.74, 6) is -0.194. The largest absolute Gasteiger partial charge is 0.469 e. The van der Waals surface area contributed by atoms with Gasteiger partial charge in [0.1, 0.15) is 0 Å². The number of hydrogen-bond donors (Lipinski definition) is 0. The Bertz CT molecular complexity index is 621. The van der Waals surface area contributed by atoms with Gasteiger partial charge in [0, 0.05) is 12.5 Å². The highest BCUT2D eigenvalue weighted by atomic mass is 28.4. The molecule has 0 spiro atoms. The van der Waals surface area contributed by atoms with E-state index in [2.05, 4.69) is 46.6 Å². The summed E-state index contributed by atoms with van der Waals surface area (Å²) in [4.78, 5) is 12.0. The molecule has 1 rings (SSSR count). The molecule has 0 saturated carbocycles. The van der Waals surface area contributed by atoms with Gasteiger partial charge < -0.3 is 13.9 Å². The summed E-state index contributed by atoms with van der Waals surface area (Å²) in [6, 6.07) is 3.43. The summed E-state index contributed by atoms with van der Waals surface area (Å²) in [5.41, 5.74) is 4.75. The van der Waals surface area contributed by atoms with Gasteiger partial charge in [0.2, 0.25) is 0 Å². The molecule has 1 saturated heterocycles. The Morgan fingerprint density at radius 2 is 1.90 bits per heavy atom. The molecule has 3 atom stereocenters. The lowest BCUT2D eigenvalue weighted by Gasteiger charge is -2.34. The molecule has 0 aromatic heterocycles. The van der Waals surface area contributed by atoms with Gasteiger partial charge in [-0.05, 0) is 75.7 Å². The van der Waals surface area contributed by atoms with Crippen molar-refractivity contribution in [2.45, 2.75) is 110 Å². The molecule has 1 heterocycles. The van der Waals surface area contributed by atoms with Crippen LogP contribution in [0.5, 0.6) is 0 Å². The van der Waals surface area contributed by atoms with Crippen molar-refractivity contribution in [2.75, 3.05) is 7.11 Å². The number of hydrogen-bond acceptors (Lipinski definition) is 4. The van der Waals surface area contributed by atoms with E-state index in [1.807, 2.05) is 13.8 Å². The van der Waals surface area contributed by atoms with Crippen LogP contribution in [0.25, 0.3) is 0 Å². The Balaban J connectivity index is 2.77. The second-order valence-electron chi connectivity index (χ2n) is 9.41. The van der Waals surface area contributed by atoms with Gasteiger partial charge in [0.05, 0.1) is 24.7 Å². The minimum atomic E-state index is -1.69. The van der Waals surface area contributed by atoms with E-state index in [-0.39, 0.29) is 24.3 Å². The standard InChI is InChI=1S/C25H44O4Si/c1-10-19(5)16-21(29-30(11-2,12-3)13-4)14-15-23-20(6)17-22(28-23)18-25(7,8)24(26)27-9/h21-23H,1,6,11-18H2,2-5,7-9H3/t21-,22+,23-/m0/s1. The maximum absolute atomic E-state index is 12.0. The molecule has 1 fully saturated rings. The summed E-state index contributed by atoms with van der Waals surface area (Å²) in [7, 11) is -0.254. The van der Waals surface area contributed by atoms with Crippen LogP contribution in [0.3, 0.4) is 0 Å². The van der Waals surface area contributed by atoms with Gasteiger partial charge in [-0.3, -0.25) is 4.79 Å². The summed E-state index contributed by atoms with van der Waals surface area (Å²) in [6.45, 7) is 20.8. The van der Waals surface area contributed by atoms with Gasteiger partial charge in [-0.2, -0.15) is 0 Å². The van der Waals surface area contributed by atoms with E-state index < -0.39 is 13.7 Å². The molecular formula is C25H44O4Si. The Hall–Kier alpha value is -1.13. The molecule has 4 nitrogen and oxygen atoms in total. The summed E-state index contributed by atoms with van der Waals surface area (Å²) < 4.78 is 18.1. The van der Waals surface area contributed by atoms with Crippen LogP contribution in [0.4, 0.5) is 0 Å². The fourth-order valence-corrected chi connectivity index (χ4v) is 7.34. The van der Waals surface area contributed by atoms with Crippen LogP contribution in [0, 0.1) is 5.41 Å². The van der Waals surface area contributed by atoms with Crippen LogP contribution in [-0.2, 0) is 18.7 Å². The first kappa shape index (κ1) is 26.9. The summed E-state index contributed by atoms with van der Waals surface area (Å²) in [6.07, 6.45) is 4.37. The van der Waals surface area contributed by atoms with E-state index >= 15 is 0 Å². The fraction of sp³-hybridized carbons (Fsp3) is 0.760. The molecular weight excluding hydrogens is 392 g/mol. The molecule has 30 heavy (non-hydrogen) atoms. The summed E-state index contributed by atoms with van der Waals surface area (Å²) >= 11 is 0. The van der Waals surface area contributed by atoms with Crippen molar-refractivity contribution in [2.24, 2.45) is 5.41 Å². The molecule has 172 valence electrons. The van der Waals surface area contributed by atoms with E-state index in [1.54, 1.807) is 0 Å². The Morgan fingerprint density at radius 3 is 2.40 bits per heavy atom. The van der Waals surface area contributed by atoms with Crippen LogP contribution < -0.4 is 0 Å². The van der Waals surface area contributed by atoms with E-state index in [0.29, 0.717) is 6.42 Å². The SMILES string of the molecule is C=C=C(C)C[C@H](CC[C@@H]1O[C@@H](CC(C)(C)C(=O)OC)CC1=C)O[Si](CC)(CC)CC. The zero-order chi connectivity index (χ0) is 22.9. The van der Waals surface area contributed by atoms with Crippen LogP contribution in [-0.4, -0.2) is 39.7 Å². The van der Waals surface area contributed by atoms with Crippen molar-refractivity contribution in [3.05, 3.63) is 30.0 Å². The second-order valence-corrected chi connectivity index (χ2v) is 14.1. The Kier molecular flexibility index (Phi) is 10.8. The fourth-order valence-electron chi connectivity index (χ4n) is 4.43. The van der Waals surface area contributed by atoms with Crippen molar-refractivity contribution < 1.29 is 18.7 Å². The first-order chi connectivity index (χ1) is 14.1. The maximum atomic E-state index is 12.0. The molecule has 0 unspecified atom stereocenters. The van der Waals surface area contributed by atoms with E-state index in [9.17, 15) is 4.79 Å². The van der Waals surface area contributed by atoms with Crippen molar-refractivity contribution >= 4 is 14.3 Å². The van der Waals surface area contributed by atoms with Crippen LogP contribution in [0.15, 0.2) is 30.0 Å². The van der Waals surface area contributed by atoms with Gasteiger partial charge in [-0.25, -0.2) is 0 Å². The Morgan fingerprint density at radius 1 is 1.30 bits per heavy atom. The second kappa shape index (κ2) is 12.0. The number of esters is 1. The van der Waals surface area contributed by atoms with E-state index in [4.69, 9.17) is 13.9 Å². The zero-order valence-corrected chi connectivity index (χ0v) is 21.4. The number of carbonyl (C=O) groups excluding carboxylic acids is 1. The average molecular weight is 437 g/mol. The first-order valence-electron chi connectivity index (χ1n) is 11.5. The van der Waals surface area contributed by atoms with Crippen molar-refractivity contribution in [3.8, 4) is 0 Å². The highest BCUT2D eigenvalue weighted by Gasteiger charge is 2.38. The maximum Gasteiger partial charge on any atom is 0.311 e. The molecule has 5 heteroatoms. The summed E-state index contributed by atoms with van der Waals surface area (Å²) in [5, 5.41) is 0. The Labute approximate surface area is 185 Å². The highest BCUT2D eigenvalue weighted by Crippen LogP contribution is 2.36. The van der Waals surface area contributed by atoms with Gasteiger partial charge in [-0.1, -0.05) is 33.9 Å². The minimum Gasteiger partial charge on any atom is -0.469 e. The topological polar surface area (TPSA) is 44.8 Å². The van der Waals surface area contributed by atoms with Gasteiger partial charge in [0.15, 0.2) is 8.32 Å². The molecule has 0 radical (unpaired) electrons. The average Bonchev–Trinajstić information content (AvgIpc) is 3.07. The monoisotopic (exact) mass is 436 g/mol. The zero-order valence-electron chi connectivity index (χ0n) is 20.4. The quantitative estimate of drug-likeness (QED) is 0.141. The number of ether oxygens (including phenoxy) is 2. The van der Waals surface area contributed by atoms with Crippen LogP contribution in [0.1, 0.15) is 73.6 Å². The normalized spacial score (nSPS) is 20.7. The van der Waals surface area contributed by atoms with Gasteiger partial charge in [-0.15, -0.1) is 5.73 Å². The molecule has 0 bridgehead atoms. The van der Waals surface area contributed by atoms with Gasteiger partial charge >= 0.3 is 5.97 Å². The molecule has 0 amide bonds. The van der Waals surface area contributed by atoms with E-state index in [1.165, 1.54) is 7.11 Å². The van der Waals surface area contributed by atoms with Crippen LogP contribution >= 0.6 is 0 Å². The molecule has 1 aliphatic rings. The van der Waals surface area contributed by atoms with E-state index in [0.717, 1.165) is 55.0 Å². The van der Waals surface area contributed by atoms with Crippen molar-refractivity contribution in [1.82, 2.24) is 0 Å². The predicted molar refractivity (Wildman–Crippen MR) is 127 cm³/mol.